The second kappa shape index (κ2) is 8.32. The Bertz CT molecular complexity index is 1010. The standard InChI is InChI=1S/C18H20ClN5O3/c1-3-24(7-6-17(25)21-15-8-11(2)27-23-15)10-16-20-14-9-12(19)4-5-13(14)18(26)22-16/h4-5,8-9H,3,6-7,10H2,1-2H3,(H,20,22,26)(H,21,23,25). The minimum atomic E-state index is -0.207. The molecule has 0 radical (unpaired) electrons. The van der Waals surface area contributed by atoms with Crippen molar-refractivity contribution in [2.45, 2.75) is 26.8 Å². The van der Waals surface area contributed by atoms with Gasteiger partial charge in [0.25, 0.3) is 5.56 Å². The molecule has 0 fully saturated rings. The number of benzene rings is 1. The Hall–Kier alpha value is -2.71. The van der Waals surface area contributed by atoms with E-state index in [-0.39, 0.29) is 17.9 Å². The molecule has 2 heterocycles. The highest BCUT2D eigenvalue weighted by Gasteiger charge is 2.12. The summed E-state index contributed by atoms with van der Waals surface area (Å²) < 4.78 is 4.92. The van der Waals surface area contributed by atoms with Gasteiger partial charge in [0.1, 0.15) is 11.6 Å². The van der Waals surface area contributed by atoms with Crippen molar-refractivity contribution in [2.75, 3.05) is 18.4 Å². The summed E-state index contributed by atoms with van der Waals surface area (Å²) in [6, 6.07) is 6.64. The molecule has 0 unspecified atom stereocenters. The van der Waals surface area contributed by atoms with Crippen molar-refractivity contribution in [2.24, 2.45) is 0 Å². The number of halogens is 1. The lowest BCUT2D eigenvalue weighted by molar-refractivity contribution is -0.116. The SMILES string of the molecule is CCN(CCC(=O)Nc1cc(C)on1)Cc1nc2cc(Cl)ccc2c(=O)[nH]1. The topological polar surface area (TPSA) is 104 Å². The number of aryl methyl sites for hydroxylation is 1. The molecule has 3 rings (SSSR count). The molecule has 0 bridgehead atoms. The quantitative estimate of drug-likeness (QED) is 0.643. The Kier molecular flexibility index (Phi) is 5.88. The van der Waals surface area contributed by atoms with E-state index in [0.29, 0.717) is 53.0 Å². The first-order chi connectivity index (χ1) is 12.9. The van der Waals surface area contributed by atoms with Gasteiger partial charge in [0.2, 0.25) is 5.91 Å². The first kappa shape index (κ1) is 19.1. The van der Waals surface area contributed by atoms with Crippen LogP contribution in [0.15, 0.2) is 33.6 Å². The van der Waals surface area contributed by atoms with Gasteiger partial charge in [-0.05, 0) is 31.7 Å². The maximum Gasteiger partial charge on any atom is 0.258 e. The summed E-state index contributed by atoms with van der Waals surface area (Å²) in [6.07, 6.45) is 0.281. The summed E-state index contributed by atoms with van der Waals surface area (Å²) in [5.74, 6) is 1.41. The molecule has 8 nitrogen and oxygen atoms in total. The van der Waals surface area contributed by atoms with Crippen LogP contribution in [0.2, 0.25) is 5.02 Å². The number of H-pyrrole nitrogens is 1. The number of carbonyl (C=O) groups is 1. The third-order valence-corrected chi connectivity index (χ3v) is 4.32. The maximum absolute atomic E-state index is 12.2. The number of nitrogens with one attached hydrogen (secondary N) is 2. The monoisotopic (exact) mass is 389 g/mol. The molecule has 1 aromatic carbocycles. The molecule has 142 valence electrons. The van der Waals surface area contributed by atoms with Crippen LogP contribution in [0.25, 0.3) is 10.9 Å². The van der Waals surface area contributed by atoms with Gasteiger partial charge < -0.3 is 14.8 Å². The van der Waals surface area contributed by atoms with Crippen molar-refractivity contribution in [3.8, 4) is 0 Å². The van der Waals surface area contributed by atoms with Crippen molar-refractivity contribution in [3.05, 3.63) is 51.2 Å². The van der Waals surface area contributed by atoms with Gasteiger partial charge in [-0.3, -0.25) is 14.5 Å². The van der Waals surface area contributed by atoms with Gasteiger partial charge in [-0.25, -0.2) is 4.98 Å². The highest BCUT2D eigenvalue weighted by Crippen LogP contribution is 2.15. The molecule has 0 aliphatic heterocycles. The number of amides is 1. The summed E-state index contributed by atoms with van der Waals surface area (Å²) >= 11 is 5.99. The molecule has 0 aliphatic carbocycles. The Morgan fingerprint density at radius 2 is 2.19 bits per heavy atom. The van der Waals surface area contributed by atoms with Crippen molar-refractivity contribution in [1.29, 1.82) is 0 Å². The predicted molar refractivity (Wildman–Crippen MR) is 103 cm³/mol. The highest BCUT2D eigenvalue weighted by atomic mass is 35.5. The van der Waals surface area contributed by atoms with Crippen molar-refractivity contribution >= 4 is 34.2 Å². The van der Waals surface area contributed by atoms with Gasteiger partial charge in [-0.15, -0.1) is 0 Å². The highest BCUT2D eigenvalue weighted by molar-refractivity contribution is 6.31. The molecule has 2 N–H and O–H groups in total. The lowest BCUT2D eigenvalue weighted by Gasteiger charge is -2.19. The van der Waals surface area contributed by atoms with E-state index in [2.05, 4.69) is 20.4 Å². The van der Waals surface area contributed by atoms with Crippen LogP contribution < -0.4 is 10.9 Å². The third-order valence-electron chi connectivity index (χ3n) is 4.09. The van der Waals surface area contributed by atoms with Crippen LogP contribution >= 0.6 is 11.6 Å². The number of fused-ring (bicyclic) bond motifs is 1. The Balaban J connectivity index is 1.63. The lowest BCUT2D eigenvalue weighted by Crippen LogP contribution is -2.29. The van der Waals surface area contributed by atoms with Crippen LogP contribution in [-0.2, 0) is 11.3 Å². The van der Waals surface area contributed by atoms with E-state index >= 15 is 0 Å². The average molecular weight is 390 g/mol. The van der Waals surface area contributed by atoms with Crippen LogP contribution in [0, 0.1) is 6.92 Å². The molecular formula is C18H20ClN5O3. The Labute approximate surface area is 160 Å². The van der Waals surface area contributed by atoms with E-state index in [9.17, 15) is 9.59 Å². The van der Waals surface area contributed by atoms with Gasteiger partial charge >= 0.3 is 0 Å². The Morgan fingerprint density at radius 1 is 1.37 bits per heavy atom. The number of anilines is 1. The normalized spacial score (nSPS) is 11.3. The summed E-state index contributed by atoms with van der Waals surface area (Å²) in [7, 11) is 0. The summed E-state index contributed by atoms with van der Waals surface area (Å²) in [5.41, 5.74) is 0.346. The van der Waals surface area contributed by atoms with E-state index in [0.717, 1.165) is 0 Å². The molecular weight excluding hydrogens is 370 g/mol. The number of aromatic nitrogens is 3. The molecule has 0 spiro atoms. The minimum Gasteiger partial charge on any atom is -0.360 e. The van der Waals surface area contributed by atoms with E-state index in [1.54, 1.807) is 31.2 Å². The van der Waals surface area contributed by atoms with Gasteiger partial charge in [-0.1, -0.05) is 23.7 Å². The number of rotatable bonds is 7. The third kappa shape index (κ3) is 4.93. The van der Waals surface area contributed by atoms with Crippen molar-refractivity contribution in [3.63, 3.8) is 0 Å². The van der Waals surface area contributed by atoms with Gasteiger partial charge in [0, 0.05) is 24.1 Å². The zero-order chi connectivity index (χ0) is 19.4. The fourth-order valence-corrected chi connectivity index (χ4v) is 2.85. The molecule has 1 amide bonds. The summed E-state index contributed by atoms with van der Waals surface area (Å²) in [4.78, 5) is 33.6. The molecule has 9 heteroatoms. The van der Waals surface area contributed by atoms with Crippen molar-refractivity contribution < 1.29 is 9.32 Å². The number of carbonyl (C=O) groups excluding carboxylic acids is 1. The molecule has 0 saturated heterocycles. The van der Waals surface area contributed by atoms with Crippen LogP contribution in [-0.4, -0.2) is 39.0 Å². The first-order valence-electron chi connectivity index (χ1n) is 8.58. The molecule has 2 aromatic heterocycles. The molecule has 3 aromatic rings. The van der Waals surface area contributed by atoms with Crippen LogP contribution in [0.5, 0.6) is 0 Å². The molecule has 0 saturated carbocycles. The van der Waals surface area contributed by atoms with E-state index in [4.69, 9.17) is 16.1 Å². The summed E-state index contributed by atoms with van der Waals surface area (Å²) in [6.45, 7) is 5.37. The maximum atomic E-state index is 12.2. The fourth-order valence-electron chi connectivity index (χ4n) is 2.69. The number of hydrogen-bond donors (Lipinski definition) is 2. The van der Waals surface area contributed by atoms with E-state index in [1.165, 1.54) is 0 Å². The number of hydrogen-bond acceptors (Lipinski definition) is 6. The second-order valence-corrected chi connectivity index (χ2v) is 6.60. The first-order valence-corrected chi connectivity index (χ1v) is 8.96. The lowest BCUT2D eigenvalue weighted by atomic mass is 10.2. The summed E-state index contributed by atoms with van der Waals surface area (Å²) in [5, 5.41) is 7.44. The number of nitrogens with zero attached hydrogens (tertiary/aromatic N) is 3. The van der Waals surface area contributed by atoms with Crippen LogP contribution in [0.1, 0.15) is 24.9 Å². The Morgan fingerprint density at radius 3 is 2.89 bits per heavy atom. The minimum absolute atomic E-state index is 0.159. The van der Waals surface area contributed by atoms with Crippen LogP contribution in [0.3, 0.4) is 0 Å². The van der Waals surface area contributed by atoms with E-state index < -0.39 is 0 Å². The smallest absolute Gasteiger partial charge is 0.258 e. The van der Waals surface area contributed by atoms with Gasteiger partial charge in [-0.2, -0.15) is 0 Å². The average Bonchev–Trinajstić information content (AvgIpc) is 3.02. The van der Waals surface area contributed by atoms with Crippen molar-refractivity contribution in [1.82, 2.24) is 20.0 Å². The predicted octanol–water partition coefficient (Wildman–Crippen LogP) is 2.72. The second-order valence-electron chi connectivity index (χ2n) is 6.16. The zero-order valence-electron chi connectivity index (χ0n) is 15.1. The van der Waals surface area contributed by atoms with Gasteiger partial charge in [0.05, 0.1) is 17.4 Å². The van der Waals surface area contributed by atoms with E-state index in [1.807, 2.05) is 11.8 Å². The molecule has 0 aliphatic rings. The molecule has 0 atom stereocenters. The van der Waals surface area contributed by atoms with Gasteiger partial charge in [0.15, 0.2) is 5.82 Å². The van der Waals surface area contributed by atoms with Crippen LogP contribution in [0.4, 0.5) is 5.82 Å². The largest absolute Gasteiger partial charge is 0.360 e. The fraction of sp³-hybridized carbons (Fsp3) is 0.333. The molecule has 27 heavy (non-hydrogen) atoms. The number of aromatic amines is 1. The zero-order valence-corrected chi connectivity index (χ0v) is 15.8.